The van der Waals surface area contributed by atoms with Crippen molar-refractivity contribution < 1.29 is 9.47 Å². The number of aromatic amines is 1. The number of aromatic nitrogens is 6. The highest BCUT2D eigenvalue weighted by Gasteiger charge is 2.26. The van der Waals surface area contributed by atoms with E-state index in [9.17, 15) is 0 Å². The zero-order valence-corrected chi connectivity index (χ0v) is 22.2. The number of hydrogen-bond donors (Lipinski definition) is 3. The van der Waals surface area contributed by atoms with Crippen molar-refractivity contribution in [3.63, 3.8) is 0 Å². The highest BCUT2D eigenvalue weighted by Crippen LogP contribution is 2.37. The summed E-state index contributed by atoms with van der Waals surface area (Å²) in [5, 5.41) is 10.8. The summed E-state index contributed by atoms with van der Waals surface area (Å²) >= 11 is 8.12. The summed E-state index contributed by atoms with van der Waals surface area (Å²) in [5.41, 5.74) is 9.27. The second-order valence-corrected chi connectivity index (χ2v) is 10.7. The normalized spacial score (nSPS) is 18.6. The van der Waals surface area contributed by atoms with Crippen molar-refractivity contribution in [3.8, 4) is 0 Å². The average molecular weight is 542 g/mol. The van der Waals surface area contributed by atoms with Gasteiger partial charge in [0, 0.05) is 35.9 Å². The van der Waals surface area contributed by atoms with Crippen LogP contribution in [-0.4, -0.2) is 68.1 Å². The van der Waals surface area contributed by atoms with Crippen LogP contribution in [0.2, 0.25) is 5.02 Å². The highest BCUT2D eigenvalue weighted by molar-refractivity contribution is 7.99. The van der Waals surface area contributed by atoms with Crippen LogP contribution in [0.1, 0.15) is 24.9 Å². The smallest absolute Gasteiger partial charge is 0.196 e. The van der Waals surface area contributed by atoms with Crippen molar-refractivity contribution in [3.05, 3.63) is 34.3 Å². The van der Waals surface area contributed by atoms with Gasteiger partial charge in [-0.15, -0.1) is 0 Å². The zero-order valence-electron chi connectivity index (χ0n) is 20.6. The topological polar surface area (TPSA) is 144 Å². The Morgan fingerprint density at radius 3 is 2.81 bits per heavy atom. The number of H-pyrrole nitrogens is 1. The second kappa shape index (κ2) is 9.84. The van der Waals surface area contributed by atoms with E-state index >= 15 is 0 Å². The van der Waals surface area contributed by atoms with Crippen molar-refractivity contribution in [2.24, 2.45) is 5.73 Å². The van der Waals surface area contributed by atoms with Crippen LogP contribution in [0.5, 0.6) is 0 Å². The van der Waals surface area contributed by atoms with Gasteiger partial charge in [0.05, 0.1) is 35.7 Å². The number of pyridine rings is 1. The summed E-state index contributed by atoms with van der Waals surface area (Å²) in [6.07, 6.45) is 3.03. The minimum absolute atomic E-state index is 0.108. The number of nitrogens with two attached hydrogens (primary N) is 1. The van der Waals surface area contributed by atoms with E-state index in [-0.39, 0.29) is 17.8 Å². The summed E-state index contributed by atoms with van der Waals surface area (Å²) in [5.74, 6) is 1.49. The Bertz CT molecular complexity index is 1550. The van der Waals surface area contributed by atoms with Crippen LogP contribution in [0, 0.1) is 12.3 Å². The van der Waals surface area contributed by atoms with Gasteiger partial charge in [0.1, 0.15) is 22.8 Å². The Morgan fingerprint density at radius 2 is 2.08 bits per heavy atom. The molecular weight excluding hydrogens is 514 g/mol. The van der Waals surface area contributed by atoms with Crippen LogP contribution < -0.4 is 16.1 Å². The second-order valence-electron chi connectivity index (χ2n) is 9.25. The van der Waals surface area contributed by atoms with E-state index < -0.39 is 0 Å². The van der Waals surface area contributed by atoms with E-state index in [1.807, 2.05) is 13.0 Å². The van der Waals surface area contributed by atoms with Crippen LogP contribution in [0.4, 0.5) is 5.82 Å². The number of hydrogen-bond acceptors (Lipinski definition) is 10. The Labute approximate surface area is 222 Å². The molecule has 11 nitrogen and oxygen atoms in total. The van der Waals surface area contributed by atoms with Gasteiger partial charge < -0.3 is 29.7 Å². The first-order valence-electron chi connectivity index (χ1n) is 12.3. The molecule has 0 saturated carbocycles. The Kier molecular flexibility index (Phi) is 6.53. The number of nitrogens with one attached hydrogen (secondary N) is 2. The molecule has 4 aromatic heterocycles. The molecule has 0 bridgehead atoms. The van der Waals surface area contributed by atoms with Gasteiger partial charge in [0.2, 0.25) is 0 Å². The Balaban J connectivity index is 1.36. The van der Waals surface area contributed by atoms with Crippen molar-refractivity contribution in [2.45, 2.75) is 55.6 Å². The molecule has 6 heterocycles. The molecule has 0 aromatic carbocycles. The fourth-order valence-electron chi connectivity index (χ4n) is 4.84. The third-order valence-corrected chi connectivity index (χ3v) is 7.98. The molecule has 194 valence electrons. The number of nitrogens with zero attached hydrogens (tertiary/aromatic N) is 6. The first-order chi connectivity index (χ1) is 17.9. The highest BCUT2D eigenvalue weighted by atomic mass is 35.5. The number of rotatable bonds is 6. The third-order valence-electron chi connectivity index (χ3n) is 6.74. The van der Waals surface area contributed by atoms with Gasteiger partial charge in [0.25, 0.3) is 0 Å². The quantitative estimate of drug-likeness (QED) is 0.314. The van der Waals surface area contributed by atoms with Gasteiger partial charge in [-0.3, -0.25) is 5.41 Å². The molecule has 1 unspecified atom stereocenters. The number of ether oxygens (including phenoxy) is 2. The fraction of sp³-hybridized carbons (Fsp3) is 0.458. The third kappa shape index (κ3) is 4.57. The molecule has 0 aliphatic carbocycles. The lowest BCUT2D eigenvalue weighted by Crippen LogP contribution is -2.30. The number of anilines is 1. The molecule has 2 aliphatic rings. The molecule has 4 N–H and O–H groups in total. The molecule has 13 heteroatoms. The van der Waals surface area contributed by atoms with E-state index in [0.717, 1.165) is 47.7 Å². The summed E-state index contributed by atoms with van der Waals surface area (Å²) in [6, 6.07) is 2.03. The summed E-state index contributed by atoms with van der Waals surface area (Å²) in [7, 11) is 0. The summed E-state index contributed by atoms with van der Waals surface area (Å²) in [6.45, 7) is 7.00. The minimum atomic E-state index is -0.372. The SMILES string of the molecule is CCc1[nH]c2nc(Sc3cnc4c(=N)n(CC5OCCO5)c(C)nc4c3)nc(N3CCC(N)C3)c2c1Cl. The molecule has 2 aliphatic heterocycles. The van der Waals surface area contributed by atoms with Gasteiger partial charge in [-0.1, -0.05) is 18.5 Å². The number of halogens is 1. The Hall–Kier alpha value is -2.77. The molecule has 37 heavy (non-hydrogen) atoms. The molecule has 2 saturated heterocycles. The molecule has 1 atom stereocenters. The maximum atomic E-state index is 8.69. The number of fused-ring (bicyclic) bond motifs is 2. The lowest BCUT2D eigenvalue weighted by atomic mass is 10.3. The van der Waals surface area contributed by atoms with E-state index in [4.69, 9.17) is 47.2 Å². The molecule has 0 amide bonds. The van der Waals surface area contributed by atoms with Crippen LogP contribution in [0.15, 0.2) is 22.3 Å². The molecule has 6 rings (SSSR count). The molecule has 2 fully saturated rings. The monoisotopic (exact) mass is 541 g/mol. The van der Waals surface area contributed by atoms with Crippen LogP contribution in [-0.2, 0) is 22.4 Å². The number of aryl methyl sites for hydroxylation is 2. The molecule has 4 aromatic rings. The van der Waals surface area contributed by atoms with E-state index in [1.54, 1.807) is 10.8 Å². The van der Waals surface area contributed by atoms with Gasteiger partial charge in [-0.2, -0.15) is 0 Å². The lowest BCUT2D eigenvalue weighted by molar-refractivity contribution is -0.0537. The molecular formula is C24H28ClN9O2S. The predicted molar refractivity (Wildman–Crippen MR) is 141 cm³/mol. The van der Waals surface area contributed by atoms with Crippen molar-refractivity contribution in [1.82, 2.24) is 29.5 Å². The van der Waals surface area contributed by atoms with Crippen molar-refractivity contribution in [2.75, 3.05) is 31.2 Å². The van der Waals surface area contributed by atoms with Crippen molar-refractivity contribution in [1.29, 1.82) is 5.41 Å². The minimum Gasteiger partial charge on any atom is -0.354 e. The Morgan fingerprint density at radius 1 is 1.27 bits per heavy atom. The fourth-order valence-corrected chi connectivity index (χ4v) is 5.95. The van der Waals surface area contributed by atoms with Gasteiger partial charge in [-0.05, 0) is 37.6 Å². The molecule has 0 radical (unpaired) electrons. The van der Waals surface area contributed by atoms with Gasteiger partial charge in [-0.25, -0.2) is 19.9 Å². The first-order valence-corrected chi connectivity index (χ1v) is 13.5. The maximum Gasteiger partial charge on any atom is 0.196 e. The van der Waals surface area contributed by atoms with Crippen LogP contribution in [0.3, 0.4) is 0 Å². The van der Waals surface area contributed by atoms with E-state index in [2.05, 4.69) is 21.8 Å². The van der Waals surface area contributed by atoms with Gasteiger partial charge >= 0.3 is 0 Å². The van der Waals surface area contributed by atoms with E-state index in [0.29, 0.717) is 52.4 Å². The average Bonchev–Trinajstić information content (AvgIpc) is 3.62. The summed E-state index contributed by atoms with van der Waals surface area (Å²) < 4.78 is 12.9. The first kappa shape index (κ1) is 24.6. The maximum absolute atomic E-state index is 8.69. The van der Waals surface area contributed by atoms with Crippen LogP contribution >= 0.6 is 23.4 Å². The molecule has 0 spiro atoms. The van der Waals surface area contributed by atoms with Crippen molar-refractivity contribution >= 4 is 51.2 Å². The largest absolute Gasteiger partial charge is 0.354 e. The lowest BCUT2D eigenvalue weighted by Gasteiger charge is -2.18. The standard InChI is InChI=1S/C24H28ClN9O2S/c1-3-15-19(25)18-22(30-15)31-24(32-23(18)33-5-4-13(26)10-33)37-14-8-16-20(28-9-14)21(27)34(12(2)29-16)11-17-35-6-7-36-17/h8-9,13,17,27H,3-7,10-11,26H2,1-2H3,(H,30,31,32). The predicted octanol–water partition coefficient (Wildman–Crippen LogP) is 2.77. The zero-order chi connectivity index (χ0) is 25.7. The van der Waals surface area contributed by atoms with Gasteiger partial charge in [0.15, 0.2) is 16.9 Å². The van der Waals surface area contributed by atoms with Crippen LogP contribution in [0.25, 0.3) is 22.1 Å². The van der Waals surface area contributed by atoms with E-state index in [1.165, 1.54) is 11.8 Å². The summed E-state index contributed by atoms with van der Waals surface area (Å²) in [4.78, 5) is 25.3.